The van der Waals surface area contributed by atoms with Crippen LogP contribution in [0.25, 0.3) is 0 Å². The van der Waals surface area contributed by atoms with E-state index < -0.39 is 0 Å². The van der Waals surface area contributed by atoms with E-state index in [1.807, 2.05) is 48.2 Å². The first kappa shape index (κ1) is 18.6. The molecule has 26 heavy (non-hydrogen) atoms. The standard InChI is InChI=1S/C21H25NO3S/c1-3-25-18-10-12-19(13-11-18)26-15-21(23)22-14-4-5-20(22)16-6-8-17(24-2)9-7-16/h6-13,20H,3-5,14-15H2,1-2H3. The lowest BCUT2D eigenvalue weighted by Gasteiger charge is -2.25. The van der Waals surface area contributed by atoms with Crippen molar-refractivity contribution in [1.29, 1.82) is 0 Å². The van der Waals surface area contributed by atoms with Crippen molar-refractivity contribution in [3.8, 4) is 11.5 Å². The fourth-order valence-corrected chi connectivity index (χ4v) is 4.05. The van der Waals surface area contributed by atoms with Crippen molar-refractivity contribution in [3.63, 3.8) is 0 Å². The number of amides is 1. The molecule has 3 rings (SSSR count). The number of rotatable bonds is 7. The second-order valence-corrected chi connectivity index (χ2v) is 7.26. The van der Waals surface area contributed by atoms with Crippen LogP contribution >= 0.6 is 11.8 Å². The predicted octanol–water partition coefficient (Wildman–Crippen LogP) is 4.55. The number of carbonyl (C=O) groups excluding carboxylic acids is 1. The van der Waals surface area contributed by atoms with Crippen LogP contribution in [0, 0.1) is 0 Å². The van der Waals surface area contributed by atoms with Gasteiger partial charge in [0, 0.05) is 11.4 Å². The highest BCUT2D eigenvalue weighted by Gasteiger charge is 2.29. The first-order valence-corrected chi connectivity index (χ1v) is 9.99. The Balaban J connectivity index is 1.59. The SMILES string of the molecule is CCOc1ccc(SCC(=O)N2CCCC2c2ccc(OC)cc2)cc1. The zero-order valence-electron chi connectivity index (χ0n) is 15.3. The van der Waals surface area contributed by atoms with E-state index in [9.17, 15) is 4.79 Å². The normalized spacial score (nSPS) is 16.5. The number of likely N-dealkylation sites (tertiary alicyclic amines) is 1. The van der Waals surface area contributed by atoms with Crippen LogP contribution in [-0.2, 0) is 4.79 Å². The van der Waals surface area contributed by atoms with Crippen LogP contribution in [0.4, 0.5) is 0 Å². The Morgan fingerprint density at radius 3 is 2.46 bits per heavy atom. The van der Waals surface area contributed by atoms with Gasteiger partial charge in [0.1, 0.15) is 11.5 Å². The molecule has 1 amide bonds. The maximum absolute atomic E-state index is 12.8. The summed E-state index contributed by atoms with van der Waals surface area (Å²) in [6, 6.07) is 16.1. The molecule has 2 aromatic rings. The minimum atomic E-state index is 0.175. The van der Waals surface area contributed by atoms with Gasteiger partial charge in [-0.2, -0.15) is 0 Å². The van der Waals surface area contributed by atoms with Crippen LogP contribution in [0.3, 0.4) is 0 Å². The summed E-state index contributed by atoms with van der Waals surface area (Å²) in [5.41, 5.74) is 1.18. The molecule has 138 valence electrons. The van der Waals surface area contributed by atoms with E-state index in [0.29, 0.717) is 12.4 Å². The van der Waals surface area contributed by atoms with Gasteiger partial charge >= 0.3 is 0 Å². The van der Waals surface area contributed by atoms with Gasteiger partial charge in [-0.3, -0.25) is 4.79 Å². The molecular weight excluding hydrogens is 346 g/mol. The van der Waals surface area contributed by atoms with Crippen molar-refractivity contribution in [1.82, 2.24) is 4.90 Å². The van der Waals surface area contributed by atoms with Crippen LogP contribution in [0.2, 0.25) is 0 Å². The van der Waals surface area contributed by atoms with Crippen LogP contribution < -0.4 is 9.47 Å². The lowest BCUT2D eigenvalue weighted by molar-refractivity contribution is -0.129. The maximum atomic E-state index is 12.8. The van der Waals surface area contributed by atoms with Crippen LogP contribution in [0.5, 0.6) is 11.5 Å². The quantitative estimate of drug-likeness (QED) is 0.669. The van der Waals surface area contributed by atoms with E-state index in [2.05, 4.69) is 12.1 Å². The highest BCUT2D eigenvalue weighted by Crippen LogP contribution is 2.33. The number of carbonyl (C=O) groups is 1. The average Bonchev–Trinajstić information content (AvgIpc) is 3.17. The molecule has 1 heterocycles. The van der Waals surface area contributed by atoms with Crippen molar-refractivity contribution in [2.75, 3.05) is 26.0 Å². The lowest BCUT2D eigenvalue weighted by Crippen LogP contribution is -2.31. The first-order chi connectivity index (χ1) is 12.7. The summed E-state index contributed by atoms with van der Waals surface area (Å²) >= 11 is 1.58. The highest BCUT2D eigenvalue weighted by molar-refractivity contribution is 8.00. The van der Waals surface area contributed by atoms with Crippen molar-refractivity contribution in [3.05, 3.63) is 54.1 Å². The number of methoxy groups -OCH3 is 1. The first-order valence-electron chi connectivity index (χ1n) is 9.00. The summed E-state index contributed by atoms with van der Waals surface area (Å²) in [5, 5.41) is 0. The summed E-state index contributed by atoms with van der Waals surface area (Å²) in [6.07, 6.45) is 2.07. The number of benzene rings is 2. The molecule has 0 saturated carbocycles. The number of ether oxygens (including phenoxy) is 2. The Labute approximate surface area is 159 Å². The van der Waals surface area contributed by atoms with Crippen molar-refractivity contribution in [2.24, 2.45) is 0 Å². The average molecular weight is 372 g/mol. The van der Waals surface area contributed by atoms with E-state index in [4.69, 9.17) is 9.47 Å². The molecule has 0 N–H and O–H groups in total. The second kappa shape index (κ2) is 8.99. The van der Waals surface area contributed by atoms with Gasteiger partial charge in [-0.1, -0.05) is 12.1 Å². The molecule has 0 aromatic heterocycles. The molecule has 1 aliphatic heterocycles. The Hall–Kier alpha value is -2.14. The zero-order valence-corrected chi connectivity index (χ0v) is 16.1. The molecule has 1 atom stereocenters. The maximum Gasteiger partial charge on any atom is 0.233 e. The van der Waals surface area contributed by atoms with Gasteiger partial charge < -0.3 is 14.4 Å². The fourth-order valence-electron chi connectivity index (χ4n) is 3.26. The highest BCUT2D eigenvalue weighted by atomic mass is 32.2. The molecule has 1 aliphatic rings. The third kappa shape index (κ3) is 4.52. The minimum absolute atomic E-state index is 0.175. The number of thioether (sulfide) groups is 1. The van der Waals surface area contributed by atoms with Crippen molar-refractivity contribution in [2.45, 2.75) is 30.7 Å². The van der Waals surface area contributed by atoms with Gasteiger partial charge in [0.05, 0.1) is 25.5 Å². The largest absolute Gasteiger partial charge is 0.497 e. The van der Waals surface area contributed by atoms with Crippen LogP contribution in [-0.4, -0.2) is 36.8 Å². The molecule has 5 heteroatoms. The molecule has 1 unspecified atom stereocenters. The smallest absolute Gasteiger partial charge is 0.233 e. The molecule has 0 spiro atoms. The Bertz CT molecular complexity index is 715. The van der Waals surface area contributed by atoms with Gasteiger partial charge in [0.15, 0.2) is 0 Å². The number of hydrogen-bond acceptors (Lipinski definition) is 4. The van der Waals surface area contributed by atoms with E-state index in [1.165, 1.54) is 5.56 Å². The molecule has 0 bridgehead atoms. The second-order valence-electron chi connectivity index (χ2n) is 6.21. The van der Waals surface area contributed by atoms with E-state index in [1.54, 1.807) is 18.9 Å². The summed E-state index contributed by atoms with van der Waals surface area (Å²) < 4.78 is 10.7. The van der Waals surface area contributed by atoms with Gasteiger partial charge in [0.25, 0.3) is 0 Å². The predicted molar refractivity (Wildman–Crippen MR) is 105 cm³/mol. The van der Waals surface area contributed by atoms with Crippen molar-refractivity contribution >= 4 is 17.7 Å². The Morgan fingerprint density at radius 2 is 1.81 bits per heavy atom. The summed E-state index contributed by atoms with van der Waals surface area (Å²) in [5.74, 6) is 2.36. The zero-order chi connectivity index (χ0) is 18.4. The summed E-state index contributed by atoms with van der Waals surface area (Å²) in [6.45, 7) is 3.46. The van der Waals surface area contributed by atoms with Gasteiger partial charge in [-0.05, 0) is 61.7 Å². The van der Waals surface area contributed by atoms with Gasteiger partial charge in [0.2, 0.25) is 5.91 Å². The molecule has 0 radical (unpaired) electrons. The van der Waals surface area contributed by atoms with E-state index >= 15 is 0 Å². The van der Waals surface area contributed by atoms with Crippen molar-refractivity contribution < 1.29 is 14.3 Å². The monoisotopic (exact) mass is 371 g/mol. The van der Waals surface area contributed by atoms with Gasteiger partial charge in [-0.25, -0.2) is 0 Å². The van der Waals surface area contributed by atoms with E-state index in [-0.39, 0.29) is 11.9 Å². The molecule has 1 saturated heterocycles. The number of hydrogen-bond donors (Lipinski definition) is 0. The molecule has 2 aromatic carbocycles. The van der Waals surface area contributed by atoms with Crippen LogP contribution in [0.15, 0.2) is 53.4 Å². The topological polar surface area (TPSA) is 38.8 Å². The molecule has 4 nitrogen and oxygen atoms in total. The third-order valence-electron chi connectivity index (χ3n) is 4.57. The summed E-state index contributed by atoms with van der Waals surface area (Å²) in [4.78, 5) is 15.9. The van der Waals surface area contributed by atoms with Crippen LogP contribution in [0.1, 0.15) is 31.4 Å². The van der Waals surface area contributed by atoms with Gasteiger partial charge in [-0.15, -0.1) is 11.8 Å². The fraction of sp³-hybridized carbons (Fsp3) is 0.381. The van der Waals surface area contributed by atoms with E-state index in [0.717, 1.165) is 35.8 Å². The number of nitrogens with zero attached hydrogens (tertiary/aromatic N) is 1. The Morgan fingerprint density at radius 1 is 1.12 bits per heavy atom. The lowest BCUT2D eigenvalue weighted by atomic mass is 10.0. The Kier molecular flexibility index (Phi) is 6.45. The summed E-state index contributed by atoms with van der Waals surface area (Å²) in [7, 11) is 1.67. The third-order valence-corrected chi connectivity index (χ3v) is 5.57. The molecular formula is C21H25NO3S. The minimum Gasteiger partial charge on any atom is -0.497 e. The molecule has 0 aliphatic carbocycles. The molecule has 1 fully saturated rings.